The molecule has 2 aromatic heterocycles. The van der Waals surface area contributed by atoms with Crippen LogP contribution in [-0.4, -0.2) is 47.7 Å². The number of benzene rings is 2. The van der Waals surface area contributed by atoms with Gasteiger partial charge in [0.2, 0.25) is 0 Å². The van der Waals surface area contributed by atoms with Crippen molar-refractivity contribution >= 4 is 37.1 Å². The summed E-state index contributed by atoms with van der Waals surface area (Å²) < 4.78 is 94.3. The van der Waals surface area contributed by atoms with Gasteiger partial charge < -0.3 is 27.6 Å². The van der Waals surface area contributed by atoms with Gasteiger partial charge in [0.05, 0.1) is 22.9 Å². The molecule has 10 nitrogen and oxygen atoms in total. The summed E-state index contributed by atoms with van der Waals surface area (Å²) in [6.45, 7) is 1.94. The summed E-state index contributed by atoms with van der Waals surface area (Å²) in [6, 6.07) is 9.24. The summed E-state index contributed by atoms with van der Waals surface area (Å²) in [5.41, 5.74) is 2.57. The molecule has 0 radical (unpaired) electrons. The Bertz CT molecular complexity index is 1810. The standard InChI is InChI=1S/C29H28F3N3O7S2.Na/c1-15-10-20(42-44(36,37)38)13-24-25(15)33-28(43-24)35-17-8-9-18(35)12-19(11-17)39-14-22-26(34-41-27(22)16-6-7-16)21-4-2-3-5-23(21)40-29(30,31)32;/h2-5,10,13,16-19H,6-9,11-12,14H2,1H3,(H,36,37,38);/q;+1/p-1/t17-,18+,19?;. The zero-order chi connectivity index (χ0) is 30.8. The van der Waals surface area contributed by atoms with Gasteiger partial charge in [-0.3, -0.25) is 0 Å². The number of para-hydroxylation sites is 1. The largest absolute Gasteiger partial charge is 1.00 e. The molecule has 4 aromatic rings. The first-order valence-electron chi connectivity index (χ1n) is 14.2. The van der Waals surface area contributed by atoms with Gasteiger partial charge in [-0.05, 0) is 69.2 Å². The first-order chi connectivity index (χ1) is 20.9. The fourth-order valence-corrected chi connectivity index (χ4v) is 7.97. The van der Waals surface area contributed by atoms with Gasteiger partial charge in [0.25, 0.3) is 10.4 Å². The Morgan fingerprint density at radius 1 is 1.11 bits per heavy atom. The van der Waals surface area contributed by atoms with E-state index < -0.39 is 16.8 Å². The fraction of sp³-hybridized carbons (Fsp3) is 0.448. The molecule has 0 N–H and O–H groups in total. The van der Waals surface area contributed by atoms with E-state index >= 15 is 0 Å². The summed E-state index contributed by atoms with van der Waals surface area (Å²) in [4.78, 5) is 7.16. The number of thiazole rings is 1. The van der Waals surface area contributed by atoms with Gasteiger partial charge >= 0.3 is 35.9 Å². The number of halogens is 3. The van der Waals surface area contributed by atoms with Gasteiger partial charge in [-0.15, -0.1) is 13.2 Å². The summed E-state index contributed by atoms with van der Waals surface area (Å²) >= 11 is 1.42. The number of ether oxygens (including phenoxy) is 2. The number of alkyl halides is 3. The van der Waals surface area contributed by atoms with Crippen LogP contribution in [0.4, 0.5) is 18.3 Å². The van der Waals surface area contributed by atoms with Crippen molar-refractivity contribution in [3.63, 3.8) is 0 Å². The molecule has 2 bridgehead atoms. The van der Waals surface area contributed by atoms with Crippen LogP contribution in [-0.2, 0) is 21.7 Å². The maximum Gasteiger partial charge on any atom is 1.00 e. The van der Waals surface area contributed by atoms with E-state index in [1.54, 1.807) is 13.0 Å². The van der Waals surface area contributed by atoms with Crippen molar-refractivity contribution in [2.45, 2.75) is 82.5 Å². The van der Waals surface area contributed by atoms with Gasteiger partial charge in [-0.25, -0.2) is 13.4 Å². The number of nitrogens with zero attached hydrogens (tertiary/aromatic N) is 3. The Morgan fingerprint density at radius 3 is 2.49 bits per heavy atom. The first-order valence-corrected chi connectivity index (χ1v) is 16.4. The van der Waals surface area contributed by atoms with Gasteiger partial charge in [0, 0.05) is 35.2 Å². The second-order valence-corrected chi connectivity index (χ2v) is 13.5. The molecule has 1 saturated carbocycles. The Hall–Kier alpha value is -2.40. The molecule has 2 aliphatic heterocycles. The maximum absolute atomic E-state index is 13.1. The van der Waals surface area contributed by atoms with Gasteiger partial charge in [-0.2, -0.15) is 0 Å². The average Bonchev–Trinajstić information content (AvgIpc) is 3.45. The number of piperidine rings is 1. The molecule has 16 heteroatoms. The van der Waals surface area contributed by atoms with Crippen molar-refractivity contribution in [3.05, 3.63) is 53.3 Å². The van der Waals surface area contributed by atoms with Crippen LogP contribution in [0.2, 0.25) is 0 Å². The molecular weight excluding hydrogens is 646 g/mol. The quantitative estimate of drug-likeness (QED) is 0.148. The van der Waals surface area contributed by atoms with Crippen LogP contribution in [0.25, 0.3) is 21.5 Å². The second kappa shape index (κ2) is 12.3. The summed E-state index contributed by atoms with van der Waals surface area (Å²) in [5, 5.41) is 4.99. The molecule has 7 rings (SSSR count). The third-order valence-corrected chi connectivity index (χ3v) is 9.77. The van der Waals surface area contributed by atoms with Crippen LogP contribution in [0.1, 0.15) is 61.3 Å². The van der Waals surface area contributed by atoms with Crippen LogP contribution < -0.4 is 43.4 Å². The Labute approximate surface area is 283 Å². The molecule has 3 aliphatic rings. The molecule has 4 heterocycles. The zero-order valence-corrected chi connectivity index (χ0v) is 28.0. The molecule has 3 fully saturated rings. The van der Waals surface area contributed by atoms with E-state index in [4.69, 9.17) is 14.2 Å². The van der Waals surface area contributed by atoms with Crippen LogP contribution in [0.5, 0.6) is 11.5 Å². The van der Waals surface area contributed by atoms with Crippen LogP contribution >= 0.6 is 11.3 Å². The molecule has 45 heavy (non-hydrogen) atoms. The molecular formula is C29H27F3N3NaO7S2. The summed E-state index contributed by atoms with van der Waals surface area (Å²) in [6.07, 6.45) is 0.298. The maximum atomic E-state index is 13.1. The second-order valence-electron chi connectivity index (χ2n) is 11.5. The minimum atomic E-state index is -4.90. The van der Waals surface area contributed by atoms with E-state index in [9.17, 15) is 26.1 Å². The van der Waals surface area contributed by atoms with Crippen LogP contribution in [0, 0.1) is 6.92 Å². The number of rotatable bonds is 9. The Balaban J connectivity index is 0.00000357. The van der Waals surface area contributed by atoms with Gasteiger partial charge in [-0.1, -0.05) is 28.6 Å². The van der Waals surface area contributed by atoms with Crippen molar-refractivity contribution < 1.29 is 73.9 Å². The van der Waals surface area contributed by atoms with E-state index in [-0.39, 0.29) is 77.3 Å². The molecule has 2 saturated heterocycles. The van der Waals surface area contributed by atoms with Crippen LogP contribution in [0.15, 0.2) is 40.9 Å². The predicted molar refractivity (Wildman–Crippen MR) is 152 cm³/mol. The van der Waals surface area contributed by atoms with E-state index in [2.05, 4.69) is 19.0 Å². The Morgan fingerprint density at radius 2 is 1.82 bits per heavy atom. The smallest absolute Gasteiger partial charge is 0.716 e. The summed E-state index contributed by atoms with van der Waals surface area (Å²) in [7, 11) is -4.90. The third kappa shape index (κ3) is 6.99. The zero-order valence-electron chi connectivity index (χ0n) is 24.4. The SMILES string of the molecule is Cc1cc(OS(=O)(=O)[O-])cc2sc(N3[C@@H]4CC[C@H]3CC(OCc3c(-c5ccccc5OC(F)(F)F)noc3C3CC3)C4)nc12.[Na+]. The minimum absolute atomic E-state index is 0. The van der Waals surface area contributed by atoms with Crippen molar-refractivity contribution in [2.24, 2.45) is 0 Å². The van der Waals surface area contributed by atoms with E-state index in [0.29, 0.717) is 22.6 Å². The van der Waals surface area contributed by atoms with Crippen molar-refractivity contribution in [1.82, 2.24) is 10.1 Å². The molecule has 0 amide bonds. The molecule has 1 unspecified atom stereocenters. The molecule has 2 aromatic carbocycles. The monoisotopic (exact) mass is 673 g/mol. The molecule has 234 valence electrons. The number of aryl methyl sites for hydroxylation is 1. The van der Waals surface area contributed by atoms with Crippen molar-refractivity contribution in [2.75, 3.05) is 4.90 Å². The van der Waals surface area contributed by atoms with Gasteiger partial charge in [0.1, 0.15) is 23.0 Å². The van der Waals surface area contributed by atoms with Gasteiger partial charge in [0.15, 0.2) is 5.13 Å². The molecule has 1 aliphatic carbocycles. The number of aromatic nitrogens is 2. The number of anilines is 1. The van der Waals surface area contributed by atoms with E-state index in [1.165, 1.54) is 41.7 Å². The average molecular weight is 674 g/mol. The predicted octanol–water partition coefficient (Wildman–Crippen LogP) is 3.60. The first kappa shape index (κ1) is 32.5. The van der Waals surface area contributed by atoms with Crippen molar-refractivity contribution in [1.29, 1.82) is 0 Å². The fourth-order valence-electron chi connectivity index (χ4n) is 6.42. The number of hydrogen-bond donors (Lipinski definition) is 0. The number of fused-ring (bicyclic) bond motifs is 3. The van der Waals surface area contributed by atoms with Crippen LogP contribution in [0.3, 0.4) is 0 Å². The number of hydrogen-bond acceptors (Lipinski definition) is 11. The van der Waals surface area contributed by atoms with E-state index in [0.717, 1.165) is 53.9 Å². The topological polar surface area (TPSA) is 127 Å². The third-order valence-electron chi connectivity index (χ3n) is 8.35. The summed E-state index contributed by atoms with van der Waals surface area (Å²) in [5.74, 6) is 0.440. The minimum Gasteiger partial charge on any atom is -0.716 e. The molecule has 3 atom stereocenters. The normalized spacial score (nSPS) is 21.6. The Kier molecular flexibility index (Phi) is 8.91. The van der Waals surface area contributed by atoms with Crippen molar-refractivity contribution in [3.8, 4) is 22.8 Å². The molecule has 0 spiro atoms. The van der Waals surface area contributed by atoms with E-state index in [1.807, 2.05) is 0 Å².